The number of carbonyl (C=O) groups excluding carboxylic acids is 1. The van der Waals surface area contributed by atoms with Crippen LogP contribution in [0.4, 0.5) is 10.1 Å². The topological polar surface area (TPSA) is 55.1 Å². The lowest BCUT2D eigenvalue weighted by Gasteiger charge is -2.14. The van der Waals surface area contributed by atoms with Crippen molar-refractivity contribution in [3.05, 3.63) is 64.4 Å². The van der Waals surface area contributed by atoms with E-state index in [0.717, 1.165) is 5.56 Å². The van der Waals surface area contributed by atoms with E-state index >= 15 is 0 Å². The molecular weight excluding hydrogens is 279 g/mol. The summed E-state index contributed by atoms with van der Waals surface area (Å²) in [6.07, 6.45) is 0. The largest absolute Gasteiger partial charge is 0.399 e. The molecule has 1 amide bonds. The summed E-state index contributed by atoms with van der Waals surface area (Å²) in [6.45, 7) is 1.82. The van der Waals surface area contributed by atoms with Crippen molar-refractivity contribution in [1.29, 1.82) is 0 Å². The number of nitrogens with two attached hydrogens (primary N) is 1. The lowest BCUT2D eigenvalue weighted by molar-refractivity contribution is 0.0940. The van der Waals surface area contributed by atoms with E-state index in [1.807, 2.05) is 6.92 Å². The summed E-state index contributed by atoms with van der Waals surface area (Å²) in [5, 5.41) is 3.22. The molecule has 0 heterocycles. The van der Waals surface area contributed by atoms with E-state index in [0.29, 0.717) is 16.3 Å². The molecule has 104 valence electrons. The second kappa shape index (κ2) is 5.92. The number of hydrogen-bond acceptors (Lipinski definition) is 2. The second-order valence-electron chi connectivity index (χ2n) is 4.52. The molecule has 5 heteroatoms. The summed E-state index contributed by atoms with van der Waals surface area (Å²) >= 11 is 5.86. The van der Waals surface area contributed by atoms with Gasteiger partial charge in [-0.1, -0.05) is 23.7 Å². The van der Waals surface area contributed by atoms with Gasteiger partial charge in [-0.25, -0.2) is 4.39 Å². The van der Waals surface area contributed by atoms with Crippen LogP contribution >= 0.6 is 11.6 Å². The van der Waals surface area contributed by atoms with Gasteiger partial charge in [0.15, 0.2) is 0 Å². The summed E-state index contributed by atoms with van der Waals surface area (Å²) in [7, 11) is 0. The number of rotatable bonds is 3. The SMILES string of the molecule is C[C@H](NC(=O)c1cc(N)cc(Cl)c1)c1ccc(F)cc1. The van der Waals surface area contributed by atoms with Gasteiger partial charge in [-0.3, -0.25) is 4.79 Å². The standard InChI is InChI=1S/C15H14ClFN2O/c1-9(10-2-4-13(17)5-3-10)19-15(20)11-6-12(16)8-14(18)7-11/h2-9H,18H2,1H3,(H,19,20)/t9-/m0/s1. The summed E-state index contributed by atoms with van der Waals surface area (Å²) in [5.41, 5.74) is 7.28. The molecule has 2 rings (SSSR count). The van der Waals surface area contributed by atoms with Gasteiger partial charge in [-0.05, 0) is 42.8 Å². The number of halogens is 2. The first-order valence-electron chi connectivity index (χ1n) is 6.08. The Hall–Kier alpha value is -2.07. The average molecular weight is 293 g/mol. The maximum atomic E-state index is 12.9. The number of nitrogens with one attached hydrogen (secondary N) is 1. The highest BCUT2D eigenvalue weighted by Gasteiger charge is 2.12. The molecule has 0 fully saturated rings. The molecule has 0 spiro atoms. The monoisotopic (exact) mass is 292 g/mol. The smallest absolute Gasteiger partial charge is 0.251 e. The number of benzene rings is 2. The summed E-state index contributed by atoms with van der Waals surface area (Å²) in [6, 6.07) is 10.4. The summed E-state index contributed by atoms with van der Waals surface area (Å²) in [4.78, 5) is 12.1. The molecule has 3 N–H and O–H groups in total. The van der Waals surface area contributed by atoms with E-state index in [4.69, 9.17) is 17.3 Å². The Kier molecular flexibility index (Phi) is 4.25. The normalized spacial score (nSPS) is 11.9. The van der Waals surface area contributed by atoms with Crippen molar-refractivity contribution in [1.82, 2.24) is 5.32 Å². The van der Waals surface area contributed by atoms with E-state index in [1.54, 1.807) is 30.3 Å². The van der Waals surface area contributed by atoms with Gasteiger partial charge in [-0.2, -0.15) is 0 Å². The van der Waals surface area contributed by atoms with Crippen molar-refractivity contribution in [3.63, 3.8) is 0 Å². The molecule has 3 nitrogen and oxygen atoms in total. The minimum absolute atomic E-state index is 0.247. The van der Waals surface area contributed by atoms with Crippen LogP contribution in [0.25, 0.3) is 0 Å². The van der Waals surface area contributed by atoms with Crippen molar-refractivity contribution in [2.45, 2.75) is 13.0 Å². The van der Waals surface area contributed by atoms with Crippen LogP contribution in [0.2, 0.25) is 5.02 Å². The fourth-order valence-corrected chi connectivity index (χ4v) is 2.10. The molecule has 0 aromatic heterocycles. The average Bonchev–Trinajstić information content (AvgIpc) is 2.38. The van der Waals surface area contributed by atoms with Crippen LogP contribution in [0.15, 0.2) is 42.5 Å². The van der Waals surface area contributed by atoms with Crippen LogP contribution in [-0.4, -0.2) is 5.91 Å². The van der Waals surface area contributed by atoms with Crippen LogP contribution < -0.4 is 11.1 Å². The van der Waals surface area contributed by atoms with E-state index in [9.17, 15) is 9.18 Å². The van der Waals surface area contributed by atoms with Gasteiger partial charge < -0.3 is 11.1 Å². The maximum absolute atomic E-state index is 12.9. The molecule has 0 saturated heterocycles. The van der Waals surface area contributed by atoms with Gasteiger partial charge in [0.2, 0.25) is 0 Å². The molecule has 1 atom stereocenters. The highest BCUT2D eigenvalue weighted by atomic mass is 35.5. The predicted molar refractivity (Wildman–Crippen MR) is 78.1 cm³/mol. The predicted octanol–water partition coefficient (Wildman–Crippen LogP) is 3.55. The molecule has 0 unspecified atom stereocenters. The van der Waals surface area contributed by atoms with Crippen LogP contribution in [-0.2, 0) is 0 Å². The first kappa shape index (κ1) is 14.3. The quantitative estimate of drug-likeness (QED) is 0.850. The molecule has 0 aliphatic carbocycles. The van der Waals surface area contributed by atoms with Crippen LogP contribution in [0.1, 0.15) is 28.9 Å². The lowest BCUT2D eigenvalue weighted by atomic mass is 10.1. The van der Waals surface area contributed by atoms with E-state index < -0.39 is 0 Å². The summed E-state index contributed by atoms with van der Waals surface area (Å²) in [5.74, 6) is -0.592. The molecule has 2 aromatic rings. The van der Waals surface area contributed by atoms with Gasteiger partial charge in [0.05, 0.1) is 6.04 Å². The van der Waals surface area contributed by atoms with Gasteiger partial charge in [0.1, 0.15) is 5.82 Å². The molecule has 20 heavy (non-hydrogen) atoms. The van der Waals surface area contributed by atoms with Gasteiger partial charge in [0, 0.05) is 16.3 Å². The molecule has 0 aliphatic rings. The van der Waals surface area contributed by atoms with E-state index in [-0.39, 0.29) is 17.8 Å². The van der Waals surface area contributed by atoms with Crippen molar-refractivity contribution < 1.29 is 9.18 Å². The molecule has 0 saturated carbocycles. The highest BCUT2D eigenvalue weighted by Crippen LogP contribution is 2.18. The van der Waals surface area contributed by atoms with E-state index in [1.165, 1.54) is 12.1 Å². The maximum Gasteiger partial charge on any atom is 0.251 e. The zero-order chi connectivity index (χ0) is 14.7. The minimum atomic E-state index is -0.310. The fourth-order valence-electron chi connectivity index (χ4n) is 1.86. The van der Waals surface area contributed by atoms with Gasteiger partial charge >= 0.3 is 0 Å². The second-order valence-corrected chi connectivity index (χ2v) is 4.96. The Labute approximate surface area is 121 Å². The molecule has 0 bridgehead atoms. The first-order valence-corrected chi connectivity index (χ1v) is 6.46. The summed E-state index contributed by atoms with van der Waals surface area (Å²) < 4.78 is 12.9. The van der Waals surface area contributed by atoms with Crippen LogP contribution in [0, 0.1) is 5.82 Å². The van der Waals surface area contributed by atoms with Crippen molar-refractivity contribution in [2.24, 2.45) is 0 Å². The molecular formula is C15H14ClFN2O. The Morgan fingerprint density at radius 3 is 2.50 bits per heavy atom. The minimum Gasteiger partial charge on any atom is -0.399 e. The Morgan fingerprint density at radius 2 is 1.90 bits per heavy atom. The zero-order valence-corrected chi connectivity index (χ0v) is 11.6. The third kappa shape index (κ3) is 3.48. The Morgan fingerprint density at radius 1 is 1.25 bits per heavy atom. The molecule has 2 aromatic carbocycles. The van der Waals surface area contributed by atoms with Gasteiger partial charge in [-0.15, -0.1) is 0 Å². The van der Waals surface area contributed by atoms with Crippen molar-refractivity contribution >= 4 is 23.2 Å². The van der Waals surface area contributed by atoms with Crippen LogP contribution in [0.5, 0.6) is 0 Å². The first-order chi connectivity index (χ1) is 9.45. The number of hydrogen-bond donors (Lipinski definition) is 2. The van der Waals surface area contributed by atoms with Crippen LogP contribution in [0.3, 0.4) is 0 Å². The number of nitrogen functional groups attached to an aromatic ring is 1. The molecule has 0 radical (unpaired) electrons. The molecule has 0 aliphatic heterocycles. The number of amides is 1. The highest BCUT2D eigenvalue weighted by molar-refractivity contribution is 6.31. The third-order valence-electron chi connectivity index (χ3n) is 2.90. The number of carbonyl (C=O) groups is 1. The lowest BCUT2D eigenvalue weighted by Crippen LogP contribution is -2.26. The van der Waals surface area contributed by atoms with Gasteiger partial charge in [0.25, 0.3) is 5.91 Å². The number of anilines is 1. The van der Waals surface area contributed by atoms with Crippen molar-refractivity contribution in [2.75, 3.05) is 5.73 Å². The Balaban J connectivity index is 2.12. The van der Waals surface area contributed by atoms with E-state index in [2.05, 4.69) is 5.32 Å². The Bertz CT molecular complexity index is 608. The van der Waals surface area contributed by atoms with Crippen molar-refractivity contribution in [3.8, 4) is 0 Å². The zero-order valence-electron chi connectivity index (χ0n) is 10.9. The fraction of sp³-hybridized carbons (Fsp3) is 0.133. The third-order valence-corrected chi connectivity index (χ3v) is 3.12.